The molecule has 12 heteroatoms. The molecule has 1 atom stereocenters. The van der Waals surface area contributed by atoms with Gasteiger partial charge in [-0.2, -0.15) is 13.2 Å². The normalized spacial score (nSPS) is 12.7. The Labute approximate surface area is 206 Å². The molecule has 0 aliphatic carbocycles. The number of rotatable bonds is 6. The minimum Gasteiger partial charge on any atom is -0.484 e. The number of halogens is 4. The average molecular weight is 515 g/mol. The molecule has 0 fully saturated rings. The molecule has 3 aromatic heterocycles. The summed E-state index contributed by atoms with van der Waals surface area (Å²) >= 11 is 6.33. The highest BCUT2D eigenvalue weighted by Crippen LogP contribution is 2.28. The molecule has 0 saturated heterocycles. The van der Waals surface area contributed by atoms with E-state index in [-0.39, 0.29) is 21.8 Å². The molecule has 184 valence electrons. The number of H-pyrrole nitrogens is 1. The number of fused-ring (bicyclic) bond motifs is 2. The van der Waals surface area contributed by atoms with Crippen LogP contribution < -0.4 is 15.6 Å². The summed E-state index contributed by atoms with van der Waals surface area (Å²) in [5, 5.41) is 4.39. The average Bonchev–Trinajstić information content (AvgIpc) is 3.32. The van der Waals surface area contributed by atoms with E-state index in [0.717, 1.165) is 5.39 Å². The van der Waals surface area contributed by atoms with E-state index in [4.69, 9.17) is 21.3 Å². The summed E-state index contributed by atoms with van der Waals surface area (Å²) in [4.78, 5) is 29.9. The van der Waals surface area contributed by atoms with Crippen molar-refractivity contribution < 1.29 is 17.9 Å². The summed E-state index contributed by atoms with van der Waals surface area (Å²) in [5.41, 5.74) is 0.806. The standard InChI is InChI=1S/C24H18ClF3N6O2/c1-13(32-21-16-8-9-29-20(16)30-12-31-21)22-33-18-7-3-6-17(25)19(18)23(35)34(22)14-4-2-5-15(10-14)36-11-24(26,27)28/h2-10,12-13H,11H2,1H3,(H2,29,30,31,32). The van der Waals surface area contributed by atoms with Gasteiger partial charge < -0.3 is 15.0 Å². The SMILES string of the molecule is CC(Nc1ncnc2[nH]ccc12)c1nc2cccc(Cl)c2c(=O)n1-c1cccc(OCC(F)(F)F)c1. The summed E-state index contributed by atoms with van der Waals surface area (Å²) in [6.45, 7) is 0.331. The number of alkyl halides is 3. The first kappa shape index (κ1) is 23.6. The molecule has 3 heterocycles. The molecule has 0 aliphatic heterocycles. The molecule has 0 bridgehead atoms. The Bertz CT molecular complexity index is 1630. The van der Waals surface area contributed by atoms with Crippen LogP contribution in [0.1, 0.15) is 18.8 Å². The molecule has 2 N–H and O–H groups in total. The first-order valence-corrected chi connectivity index (χ1v) is 11.1. The lowest BCUT2D eigenvalue weighted by molar-refractivity contribution is -0.153. The van der Waals surface area contributed by atoms with Crippen molar-refractivity contribution in [3.8, 4) is 11.4 Å². The Morgan fingerprint density at radius 3 is 2.78 bits per heavy atom. The Kier molecular flexibility index (Phi) is 6.00. The molecule has 2 aromatic carbocycles. The van der Waals surface area contributed by atoms with Crippen LogP contribution in [-0.2, 0) is 0 Å². The highest BCUT2D eigenvalue weighted by Gasteiger charge is 2.28. The topological polar surface area (TPSA) is 97.7 Å². The number of hydrogen-bond donors (Lipinski definition) is 2. The Morgan fingerprint density at radius 1 is 1.17 bits per heavy atom. The molecule has 0 aliphatic rings. The number of aromatic nitrogens is 5. The fourth-order valence-corrected chi connectivity index (χ4v) is 4.13. The van der Waals surface area contributed by atoms with Crippen LogP contribution in [0, 0.1) is 0 Å². The van der Waals surface area contributed by atoms with Gasteiger partial charge in [-0.3, -0.25) is 9.36 Å². The molecule has 36 heavy (non-hydrogen) atoms. The van der Waals surface area contributed by atoms with Crippen LogP contribution in [0.2, 0.25) is 5.02 Å². The number of nitrogens with one attached hydrogen (secondary N) is 2. The van der Waals surface area contributed by atoms with Crippen LogP contribution in [-0.4, -0.2) is 37.3 Å². The molecule has 0 spiro atoms. The van der Waals surface area contributed by atoms with Crippen LogP contribution in [0.3, 0.4) is 0 Å². The van der Waals surface area contributed by atoms with Gasteiger partial charge in [0.15, 0.2) is 6.61 Å². The van der Waals surface area contributed by atoms with Crippen molar-refractivity contribution >= 4 is 39.4 Å². The first-order chi connectivity index (χ1) is 17.2. The highest BCUT2D eigenvalue weighted by atomic mass is 35.5. The molecule has 8 nitrogen and oxygen atoms in total. The molecule has 0 amide bonds. The third kappa shape index (κ3) is 4.57. The highest BCUT2D eigenvalue weighted by molar-refractivity contribution is 6.35. The lowest BCUT2D eigenvalue weighted by Crippen LogP contribution is -2.27. The predicted octanol–water partition coefficient (Wildman–Crippen LogP) is 5.42. The number of hydrogen-bond acceptors (Lipinski definition) is 6. The van der Waals surface area contributed by atoms with Crippen molar-refractivity contribution in [1.82, 2.24) is 24.5 Å². The van der Waals surface area contributed by atoms with Crippen LogP contribution in [0.5, 0.6) is 5.75 Å². The van der Waals surface area contributed by atoms with Gasteiger partial charge in [0.05, 0.1) is 33.0 Å². The van der Waals surface area contributed by atoms with E-state index in [1.807, 2.05) is 6.07 Å². The minimum atomic E-state index is -4.50. The summed E-state index contributed by atoms with van der Waals surface area (Å²) in [6, 6.07) is 12.0. The molecule has 5 aromatic rings. The van der Waals surface area contributed by atoms with E-state index in [2.05, 4.69) is 20.3 Å². The zero-order chi connectivity index (χ0) is 25.4. The fraction of sp³-hybridized carbons (Fsp3) is 0.167. The maximum absolute atomic E-state index is 13.7. The molecular weight excluding hydrogens is 497 g/mol. The van der Waals surface area contributed by atoms with Gasteiger partial charge in [0, 0.05) is 12.3 Å². The monoisotopic (exact) mass is 514 g/mol. The second-order valence-electron chi connectivity index (χ2n) is 7.97. The molecule has 0 saturated carbocycles. The summed E-state index contributed by atoms with van der Waals surface area (Å²) < 4.78 is 44.3. The first-order valence-electron chi connectivity index (χ1n) is 10.8. The van der Waals surface area contributed by atoms with E-state index in [1.54, 1.807) is 37.4 Å². The molecule has 1 unspecified atom stereocenters. The fourth-order valence-electron chi connectivity index (χ4n) is 3.88. The maximum atomic E-state index is 13.7. The smallest absolute Gasteiger partial charge is 0.422 e. The van der Waals surface area contributed by atoms with Gasteiger partial charge in [0.2, 0.25) is 0 Å². The van der Waals surface area contributed by atoms with Gasteiger partial charge in [0.1, 0.15) is 29.4 Å². The molecule has 5 rings (SSSR count). The lowest BCUT2D eigenvalue weighted by Gasteiger charge is -2.21. The lowest BCUT2D eigenvalue weighted by atomic mass is 10.2. The molecule has 0 radical (unpaired) electrons. The third-order valence-corrected chi connectivity index (χ3v) is 5.76. The Hall–Kier alpha value is -4.12. The van der Waals surface area contributed by atoms with E-state index in [1.165, 1.54) is 29.1 Å². The summed E-state index contributed by atoms with van der Waals surface area (Å²) in [7, 11) is 0. The Balaban J connectivity index is 1.64. The van der Waals surface area contributed by atoms with Gasteiger partial charge in [-0.1, -0.05) is 23.7 Å². The van der Waals surface area contributed by atoms with Crippen molar-refractivity contribution in [1.29, 1.82) is 0 Å². The second kappa shape index (κ2) is 9.15. The summed E-state index contributed by atoms with van der Waals surface area (Å²) in [6.07, 6.45) is -1.38. The van der Waals surface area contributed by atoms with E-state index in [0.29, 0.717) is 22.8 Å². The second-order valence-corrected chi connectivity index (χ2v) is 8.38. The number of ether oxygens (including phenoxy) is 1. The van der Waals surface area contributed by atoms with E-state index < -0.39 is 24.4 Å². The predicted molar refractivity (Wildman–Crippen MR) is 130 cm³/mol. The number of anilines is 1. The van der Waals surface area contributed by atoms with Crippen LogP contribution in [0.25, 0.3) is 27.6 Å². The summed E-state index contributed by atoms with van der Waals surface area (Å²) in [5.74, 6) is 0.764. The molecular formula is C24H18ClF3N6O2. The zero-order valence-corrected chi connectivity index (χ0v) is 19.4. The van der Waals surface area contributed by atoms with Gasteiger partial charge in [-0.05, 0) is 37.3 Å². The largest absolute Gasteiger partial charge is 0.484 e. The zero-order valence-electron chi connectivity index (χ0n) is 18.7. The van der Waals surface area contributed by atoms with Crippen molar-refractivity contribution in [2.75, 3.05) is 11.9 Å². The number of nitrogens with zero attached hydrogens (tertiary/aromatic N) is 4. The number of aromatic amines is 1. The minimum absolute atomic E-state index is 0.0487. The van der Waals surface area contributed by atoms with Crippen molar-refractivity contribution in [2.45, 2.75) is 19.1 Å². The van der Waals surface area contributed by atoms with Crippen molar-refractivity contribution in [3.63, 3.8) is 0 Å². The van der Waals surface area contributed by atoms with E-state index in [9.17, 15) is 18.0 Å². The van der Waals surface area contributed by atoms with Crippen molar-refractivity contribution in [2.24, 2.45) is 0 Å². The van der Waals surface area contributed by atoms with Gasteiger partial charge in [-0.25, -0.2) is 15.0 Å². The number of benzene rings is 2. The van der Waals surface area contributed by atoms with E-state index >= 15 is 0 Å². The van der Waals surface area contributed by atoms with Crippen molar-refractivity contribution in [3.05, 3.63) is 82.3 Å². The third-order valence-electron chi connectivity index (χ3n) is 5.45. The van der Waals surface area contributed by atoms with Gasteiger partial charge >= 0.3 is 6.18 Å². The maximum Gasteiger partial charge on any atom is 0.422 e. The van der Waals surface area contributed by atoms with Crippen LogP contribution in [0.4, 0.5) is 19.0 Å². The van der Waals surface area contributed by atoms with Gasteiger partial charge in [0.25, 0.3) is 5.56 Å². The quantitative estimate of drug-likeness (QED) is 0.314. The van der Waals surface area contributed by atoms with Crippen LogP contribution >= 0.6 is 11.6 Å². The Morgan fingerprint density at radius 2 is 1.97 bits per heavy atom. The van der Waals surface area contributed by atoms with Crippen LogP contribution in [0.15, 0.2) is 65.8 Å². The van der Waals surface area contributed by atoms with Gasteiger partial charge in [-0.15, -0.1) is 0 Å².